The summed E-state index contributed by atoms with van der Waals surface area (Å²) < 4.78 is 1.76. The van der Waals surface area contributed by atoms with Gasteiger partial charge >= 0.3 is 0 Å². The van der Waals surface area contributed by atoms with E-state index in [0.717, 1.165) is 31.2 Å². The number of nitrogens with zero attached hydrogens (tertiary/aromatic N) is 3. The highest BCUT2D eigenvalue weighted by molar-refractivity contribution is 5.86. The number of hydrogen-bond donors (Lipinski definition) is 1. The van der Waals surface area contributed by atoms with Crippen molar-refractivity contribution in [2.24, 2.45) is 12.8 Å². The molecule has 2 N–H and O–H groups in total. The van der Waals surface area contributed by atoms with Crippen LogP contribution in [-0.4, -0.2) is 32.7 Å². The predicted octanol–water partition coefficient (Wildman–Crippen LogP) is 2.27. The lowest BCUT2D eigenvalue weighted by Crippen LogP contribution is -2.56. The summed E-state index contributed by atoms with van der Waals surface area (Å²) in [6.07, 6.45) is 8.70. The molecule has 1 aromatic rings. The lowest BCUT2D eigenvalue weighted by molar-refractivity contribution is -0.138. The predicted molar refractivity (Wildman–Crippen MR) is 88.8 cm³/mol. The van der Waals surface area contributed by atoms with Gasteiger partial charge in [0.15, 0.2) is 0 Å². The topological polar surface area (TPSA) is 64.2 Å². The second-order valence-corrected chi connectivity index (χ2v) is 5.56. The van der Waals surface area contributed by atoms with Crippen LogP contribution >= 0.6 is 24.8 Å². The molecular formula is C14H26Cl2N4O. The molecule has 0 radical (unpaired) electrons. The van der Waals surface area contributed by atoms with E-state index in [1.807, 2.05) is 25.1 Å². The van der Waals surface area contributed by atoms with E-state index in [1.54, 1.807) is 10.9 Å². The van der Waals surface area contributed by atoms with Gasteiger partial charge in [0.25, 0.3) is 0 Å². The summed E-state index contributed by atoms with van der Waals surface area (Å²) in [6.45, 7) is 3.29. The van der Waals surface area contributed by atoms with Gasteiger partial charge < -0.3 is 10.6 Å². The summed E-state index contributed by atoms with van der Waals surface area (Å²) in [5.74, 6) is 0.0959. The molecule has 0 aliphatic heterocycles. The van der Waals surface area contributed by atoms with E-state index in [4.69, 9.17) is 5.73 Å². The Bertz CT molecular complexity index is 444. The summed E-state index contributed by atoms with van der Waals surface area (Å²) in [4.78, 5) is 14.5. The monoisotopic (exact) mass is 336 g/mol. The standard InChI is InChI=1S/C14H24N4O.2ClH/c1-3-18(11-12-9-16-17(2)10-12)13(19)14(15)7-5-4-6-8-14;;/h9-10H,3-8,11,15H2,1-2H3;2*1H. The van der Waals surface area contributed by atoms with Gasteiger partial charge in [-0.05, 0) is 19.8 Å². The molecule has 1 heterocycles. The molecule has 5 nitrogen and oxygen atoms in total. The second kappa shape index (κ2) is 8.61. The van der Waals surface area contributed by atoms with Crippen molar-refractivity contribution in [3.8, 4) is 0 Å². The fraction of sp³-hybridized carbons (Fsp3) is 0.714. The van der Waals surface area contributed by atoms with Crippen LogP contribution in [0.3, 0.4) is 0 Å². The van der Waals surface area contributed by atoms with Crippen molar-refractivity contribution in [3.63, 3.8) is 0 Å². The first-order valence-electron chi connectivity index (χ1n) is 7.11. The highest BCUT2D eigenvalue weighted by Crippen LogP contribution is 2.28. The Kier molecular flexibility index (Phi) is 8.29. The molecule has 0 spiro atoms. The van der Waals surface area contributed by atoms with Gasteiger partial charge in [0.2, 0.25) is 5.91 Å². The third-order valence-corrected chi connectivity index (χ3v) is 3.97. The Balaban J connectivity index is 0.00000200. The summed E-state index contributed by atoms with van der Waals surface area (Å²) in [5, 5.41) is 4.14. The molecule has 0 atom stereocenters. The number of halogens is 2. The summed E-state index contributed by atoms with van der Waals surface area (Å²) in [7, 11) is 1.88. The lowest BCUT2D eigenvalue weighted by atomic mass is 9.81. The van der Waals surface area contributed by atoms with Gasteiger partial charge in [-0.15, -0.1) is 24.8 Å². The maximum absolute atomic E-state index is 12.6. The minimum absolute atomic E-state index is 0. The SMILES string of the molecule is CCN(Cc1cnn(C)c1)C(=O)C1(N)CCCCC1.Cl.Cl. The molecule has 1 aliphatic carbocycles. The number of carbonyl (C=O) groups is 1. The molecule has 1 aliphatic rings. The summed E-state index contributed by atoms with van der Waals surface area (Å²) >= 11 is 0. The molecule has 1 amide bonds. The smallest absolute Gasteiger partial charge is 0.242 e. The molecule has 0 bridgehead atoms. The van der Waals surface area contributed by atoms with Crippen molar-refractivity contribution in [2.45, 2.75) is 51.1 Å². The number of aromatic nitrogens is 2. The van der Waals surface area contributed by atoms with Crippen LogP contribution in [0.5, 0.6) is 0 Å². The number of nitrogens with two attached hydrogens (primary N) is 1. The van der Waals surface area contributed by atoms with E-state index in [1.165, 1.54) is 6.42 Å². The number of carbonyl (C=O) groups excluding carboxylic acids is 1. The lowest BCUT2D eigenvalue weighted by Gasteiger charge is -2.36. The Labute approximate surface area is 139 Å². The van der Waals surface area contributed by atoms with Crippen molar-refractivity contribution in [1.29, 1.82) is 0 Å². The average molecular weight is 337 g/mol. The van der Waals surface area contributed by atoms with Gasteiger partial charge in [-0.3, -0.25) is 9.48 Å². The van der Waals surface area contributed by atoms with Crippen molar-refractivity contribution in [3.05, 3.63) is 18.0 Å². The van der Waals surface area contributed by atoms with Crippen LogP contribution in [0.1, 0.15) is 44.6 Å². The zero-order valence-electron chi connectivity index (χ0n) is 12.7. The van der Waals surface area contributed by atoms with Gasteiger partial charge in [-0.25, -0.2) is 0 Å². The van der Waals surface area contributed by atoms with Gasteiger partial charge in [-0.2, -0.15) is 5.10 Å². The van der Waals surface area contributed by atoms with Gasteiger partial charge in [-0.1, -0.05) is 19.3 Å². The van der Waals surface area contributed by atoms with Crippen molar-refractivity contribution in [2.75, 3.05) is 6.54 Å². The molecular weight excluding hydrogens is 311 g/mol. The van der Waals surface area contributed by atoms with Crippen molar-refractivity contribution < 1.29 is 4.79 Å². The van der Waals surface area contributed by atoms with Crippen LogP contribution in [0.4, 0.5) is 0 Å². The highest BCUT2D eigenvalue weighted by atomic mass is 35.5. The molecule has 21 heavy (non-hydrogen) atoms. The van der Waals surface area contributed by atoms with E-state index >= 15 is 0 Å². The zero-order chi connectivity index (χ0) is 13.9. The molecule has 1 aromatic heterocycles. The molecule has 0 saturated heterocycles. The largest absolute Gasteiger partial charge is 0.337 e. The van der Waals surface area contributed by atoms with Crippen molar-refractivity contribution in [1.82, 2.24) is 14.7 Å². The Hall–Kier alpha value is -0.780. The number of amides is 1. The summed E-state index contributed by atoms with van der Waals surface area (Å²) in [6, 6.07) is 0. The van der Waals surface area contributed by atoms with Crippen LogP contribution in [0.25, 0.3) is 0 Å². The fourth-order valence-corrected chi connectivity index (χ4v) is 2.81. The number of aryl methyl sites for hydroxylation is 1. The molecule has 2 rings (SSSR count). The van der Waals surface area contributed by atoms with E-state index < -0.39 is 5.54 Å². The van der Waals surface area contributed by atoms with Gasteiger partial charge in [0, 0.05) is 31.9 Å². The quantitative estimate of drug-likeness (QED) is 0.917. The maximum atomic E-state index is 12.6. The normalized spacial score (nSPS) is 16.5. The van der Waals surface area contributed by atoms with E-state index in [2.05, 4.69) is 5.10 Å². The zero-order valence-corrected chi connectivity index (χ0v) is 14.4. The highest BCUT2D eigenvalue weighted by Gasteiger charge is 2.37. The molecule has 1 fully saturated rings. The molecule has 0 unspecified atom stereocenters. The fourth-order valence-electron chi connectivity index (χ4n) is 2.81. The Morgan fingerprint density at radius 3 is 2.48 bits per heavy atom. The molecule has 0 aromatic carbocycles. The van der Waals surface area contributed by atoms with E-state index in [0.29, 0.717) is 13.1 Å². The van der Waals surface area contributed by atoms with E-state index in [9.17, 15) is 4.79 Å². The first kappa shape index (κ1) is 20.2. The van der Waals surface area contributed by atoms with Crippen LogP contribution in [0.15, 0.2) is 12.4 Å². The minimum Gasteiger partial charge on any atom is -0.337 e. The Morgan fingerprint density at radius 1 is 1.38 bits per heavy atom. The van der Waals surface area contributed by atoms with Crippen molar-refractivity contribution >= 4 is 30.7 Å². The second-order valence-electron chi connectivity index (χ2n) is 5.56. The minimum atomic E-state index is -0.642. The van der Waals surface area contributed by atoms with Crippen LogP contribution in [-0.2, 0) is 18.4 Å². The molecule has 122 valence electrons. The van der Waals surface area contributed by atoms with Gasteiger partial charge in [0.1, 0.15) is 0 Å². The maximum Gasteiger partial charge on any atom is 0.242 e. The van der Waals surface area contributed by atoms with Crippen LogP contribution in [0, 0.1) is 0 Å². The number of likely N-dealkylation sites (N-methyl/N-ethyl adjacent to an activating group) is 1. The first-order valence-corrected chi connectivity index (χ1v) is 7.11. The molecule has 1 saturated carbocycles. The first-order chi connectivity index (χ1) is 9.05. The van der Waals surface area contributed by atoms with Crippen LogP contribution < -0.4 is 5.73 Å². The molecule has 7 heteroatoms. The third-order valence-electron chi connectivity index (χ3n) is 3.97. The third kappa shape index (κ3) is 4.87. The van der Waals surface area contributed by atoms with Gasteiger partial charge in [0.05, 0.1) is 11.7 Å². The number of rotatable bonds is 4. The Morgan fingerprint density at radius 2 is 2.00 bits per heavy atom. The number of hydrogen-bond acceptors (Lipinski definition) is 3. The van der Waals surface area contributed by atoms with E-state index in [-0.39, 0.29) is 30.7 Å². The van der Waals surface area contributed by atoms with Crippen LogP contribution in [0.2, 0.25) is 0 Å². The average Bonchev–Trinajstić information content (AvgIpc) is 2.81. The summed E-state index contributed by atoms with van der Waals surface area (Å²) in [5.41, 5.74) is 6.74.